The predicted octanol–water partition coefficient (Wildman–Crippen LogP) is 3.51. The summed E-state index contributed by atoms with van der Waals surface area (Å²) in [6, 6.07) is 5.52. The van der Waals surface area contributed by atoms with Crippen LogP contribution in [0.25, 0.3) is 0 Å². The van der Waals surface area contributed by atoms with Gasteiger partial charge in [-0.25, -0.2) is 4.79 Å². The van der Waals surface area contributed by atoms with Crippen molar-refractivity contribution in [2.45, 2.75) is 26.2 Å². The van der Waals surface area contributed by atoms with E-state index in [0.29, 0.717) is 0 Å². The average Bonchev–Trinajstić information content (AvgIpc) is 2.27. The summed E-state index contributed by atoms with van der Waals surface area (Å²) < 4.78 is 0. The minimum Gasteiger partial charge on any atom is -0.508 e. The molecule has 0 spiro atoms. The number of phenolic OH excluding ortho intramolecular Hbond substituents is 1. The third-order valence-electron chi connectivity index (χ3n) is 1.83. The summed E-state index contributed by atoms with van der Waals surface area (Å²) in [5.41, 5.74) is 0.0972. The summed E-state index contributed by atoms with van der Waals surface area (Å²) in [4.78, 5) is 10.2. The predicted molar refractivity (Wildman–Crippen MR) is 65.3 cm³/mol. The monoisotopic (exact) mass is 244 g/mol. The maximum Gasteiger partial charge on any atom is 0.335 e. The van der Waals surface area contributed by atoms with Crippen molar-refractivity contribution >= 4 is 17.6 Å². The lowest BCUT2D eigenvalue weighted by atomic mass is 10.2. The molecule has 0 heterocycles. The first-order valence-corrected chi connectivity index (χ1v) is 5.73. The highest BCUT2D eigenvalue weighted by molar-refractivity contribution is 6.17. The highest BCUT2D eigenvalue weighted by Gasteiger charge is 2.00. The van der Waals surface area contributed by atoms with Gasteiger partial charge >= 0.3 is 5.97 Å². The molecule has 0 aliphatic carbocycles. The second-order valence-corrected chi connectivity index (χ2v) is 3.63. The van der Waals surface area contributed by atoms with Crippen LogP contribution in [0.4, 0.5) is 0 Å². The van der Waals surface area contributed by atoms with Gasteiger partial charge in [0.1, 0.15) is 5.75 Å². The fourth-order valence-corrected chi connectivity index (χ4v) is 1.17. The number of aromatic carboxylic acids is 1. The Balaban J connectivity index is 0.000000325. The fourth-order valence-electron chi connectivity index (χ4n) is 0.983. The molecule has 2 N–H and O–H groups in total. The minimum absolute atomic E-state index is 0.0279. The number of alkyl halides is 1. The van der Waals surface area contributed by atoms with E-state index in [4.69, 9.17) is 21.8 Å². The van der Waals surface area contributed by atoms with Gasteiger partial charge in [-0.3, -0.25) is 0 Å². The molecule has 16 heavy (non-hydrogen) atoms. The van der Waals surface area contributed by atoms with Gasteiger partial charge in [-0.05, 0) is 24.6 Å². The maximum atomic E-state index is 10.2. The van der Waals surface area contributed by atoms with Gasteiger partial charge < -0.3 is 10.2 Å². The second kappa shape index (κ2) is 9.04. The Labute approximate surface area is 101 Å². The van der Waals surface area contributed by atoms with Crippen LogP contribution >= 0.6 is 11.6 Å². The Morgan fingerprint density at radius 2 is 2.06 bits per heavy atom. The van der Waals surface area contributed by atoms with E-state index in [2.05, 4.69) is 6.92 Å². The van der Waals surface area contributed by atoms with Crippen molar-refractivity contribution in [1.29, 1.82) is 0 Å². The van der Waals surface area contributed by atoms with Crippen LogP contribution in [0.2, 0.25) is 0 Å². The molecule has 3 nitrogen and oxygen atoms in total. The minimum atomic E-state index is -1.03. The standard InChI is InChI=1S/C7H6O3.C5H11Cl/c8-6-3-1-2-5(4-6)7(9)10;1-2-3-4-5-6/h1-4,8H,(H,9,10);2-5H2,1H3. The van der Waals surface area contributed by atoms with Crippen molar-refractivity contribution in [2.75, 3.05) is 5.88 Å². The Bertz CT molecular complexity index is 309. The Morgan fingerprint density at radius 1 is 1.38 bits per heavy atom. The summed E-state index contributed by atoms with van der Waals surface area (Å²) in [6.45, 7) is 2.17. The van der Waals surface area contributed by atoms with Gasteiger partial charge in [-0.1, -0.05) is 25.8 Å². The fraction of sp³-hybridized carbons (Fsp3) is 0.417. The van der Waals surface area contributed by atoms with Crippen molar-refractivity contribution in [3.8, 4) is 5.75 Å². The van der Waals surface area contributed by atoms with E-state index in [0.717, 1.165) is 5.88 Å². The zero-order valence-electron chi connectivity index (χ0n) is 9.32. The topological polar surface area (TPSA) is 57.5 Å². The molecule has 0 aliphatic heterocycles. The molecule has 0 radical (unpaired) electrons. The highest BCUT2D eigenvalue weighted by Crippen LogP contribution is 2.09. The maximum absolute atomic E-state index is 10.2. The molecule has 0 aromatic heterocycles. The van der Waals surface area contributed by atoms with Gasteiger partial charge in [0.2, 0.25) is 0 Å². The first-order valence-electron chi connectivity index (χ1n) is 5.20. The third-order valence-corrected chi connectivity index (χ3v) is 2.10. The van der Waals surface area contributed by atoms with Gasteiger partial charge in [0.25, 0.3) is 0 Å². The van der Waals surface area contributed by atoms with Crippen LogP contribution in [-0.4, -0.2) is 22.1 Å². The summed E-state index contributed by atoms with van der Waals surface area (Å²) in [7, 11) is 0. The molecule has 0 bridgehead atoms. The van der Waals surface area contributed by atoms with Crippen LogP contribution in [0, 0.1) is 0 Å². The summed E-state index contributed by atoms with van der Waals surface area (Å²) in [5.74, 6) is -0.232. The Morgan fingerprint density at radius 3 is 2.38 bits per heavy atom. The van der Waals surface area contributed by atoms with Crippen molar-refractivity contribution in [3.63, 3.8) is 0 Å². The summed E-state index contributed by atoms with van der Waals surface area (Å²) in [5, 5.41) is 17.2. The first kappa shape index (κ1) is 14.8. The van der Waals surface area contributed by atoms with Crippen LogP contribution in [0.3, 0.4) is 0 Å². The number of hydrogen-bond donors (Lipinski definition) is 2. The normalized spacial score (nSPS) is 9.12. The van der Waals surface area contributed by atoms with Crippen LogP contribution in [-0.2, 0) is 0 Å². The lowest BCUT2D eigenvalue weighted by Gasteiger charge is -1.92. The van der Waals surface area contributed by atoms with Crippen molar-refractivity contribution in [2.24, 2.45) is 0 Å². The quantitative estimate of drug-likeness (QED) is 0.630. The summed E-state index contributed by atoms with van der Waals surface area (Å²) in [6.07, 6.45) is 3.73. The molecule has 0 fully saturated rings. The third kappa shape index (κ3) is 7.12. The van der Waals surface area contributed by atoms with E-state index in [1.807, 2.05) is 0 Å². The van der Waals surface area contributed by atoms with Crippen molar-refractivity contribution in [3.05, 3.63) is 29.8 Å². The number of carboxylic acid groups (broad SMARTS) is 1. The molecule has 1 rings (SSSR count). The molecule has 0 aliphatic rings. The smallest absolute Gasteiger partial charge is 0.335 e. The molecule has 0 amide bonds. The van der Waals surface area contributed by atoms with Crippen LogP contribution in [0.5, 0.6) is 5.75 Å². The molecule has 0 unspecified atom stereocenters. The Hall–Kier alpha value is -1.22. The van der Waals surface area contributed by atoms with E-state index >= 15 is 0 Å². The Kier molecular flexibility index (Phi) is 8.35. The SMILES string of the molecule is CCCCCCl.O=C(O)c1cccc(O)c1. The molecule has 4 heteroatoms. The number of rotatable bonds is 4. The zero-order chi connectivity index (χ0) is 12.4. The zero-order valence-corrected chi connectivity index (χ0v) is 10.1. The number of benzene rings is 1. The largest absolute Gasteiger partial charge is 0.508 e. The van der Waals surface area contributed by atoms with Gasteiger partial charge in [0.15, 0.2) is 0 Å². The number of phenols is 1. The molecule has 1 aromatic rings. The molecule has 0 saturated heterocycles. The number of aromatic hydroxyl groups is 1. The molecule has 1 aromatic carbocycles. The van der Waals surface area contributed by atoms with Gasteiger partial charge in [-0.2, -0.15) is 0 Å². The van der Waals surface area contributed by atoms with Crippen molar-refractivity contribution in [1.82, 2.24) is 0 Å². The number of carboxylic acids is 1. The highest BCUT2D eigenvalue weighted by atomic mass is 35.5. The summed E-state index contributed by atoms with van der Waals surface area (Å²) >= 11 is 5.38. The van der Waals surface area contributed by atoms with E-state index in [9.17, 15) is 4.79 Å². The number of unbranched alkanes of at least 4 members (excludes halogenated alkanes) is 2. The average molecular weight is 245 g/mol. The van der Waals surface area contributed by atoms with Gasteiger partial charge in [0, 0.05) is 5.88 Å². The van der Waals surface area contributed by atoms with Gasteiger partial charge in [-0.15, -0.1) is 11.6 Å². The van der Waals surface area contributed by atoms with Crippen LogP contribution in [0.1, 0.15) is 36.5 Å². The van der Waals surface area contributed by atoms with Gasteiger partial charge in [0.05, 0.1) is 5.56 Å². The molecular weight excluding hydrogens is 228 g/mol. The number of halogens is 1. The molecule has 90 valence electrons. The molecule has 0 saturated carbocycles. The lowest BCUT2D eigenvalue weighted by molar-refractivity contribution is 0.0696. The second-order valence-electron chi connectivity index (χ2n) is 3.25. The molecule has 0 atom stereocenters. The van der Waals surface area contributed by atoms with Crippen LogP contribution in [0.15, 0.2) is 24.3 Å². The number of hydrogen-bond acceptors (Lipinski definition) is 2. The van der Waals surface area contributed by atoms with Crippen LogP contribution < -0.4 is 0 Å². The van der Waals surface area contributed by atoms with E-state index in [1.54, 1.807) is 0 Å². The van der Waals surface area contributed by atoms with E-state index in [-0.39, 0.29) is 11.3 Å². The van der Waals surface area contributed by atoms with E-state index < -0.39 is 5.97 Å². The van der Waals surface area contributed by atoms with Crippen molar-refractivity contribution < 1.29 is 15.0 Å². The first-order chi connectivity index (χ1) is 7.61. The number of carbonyl (C=O) groups is 1. The lowest BCUT2D eigenvalue weighted by Crippen LogP contribution is -1.94. The molecular formula is C12H17ClO3. The van der Waals surface area contributed by atoms with E-state index in [1.165, 1.54) is 43.5 Å².